The SMILES string of the molecule is Cc1c(OC2CCC(CCCCN3CCN(c4ccc5c(C6CCC(=O)NC6=O)nn(C)c5c4)C(C)(C)C3)CC2)cccc1-c1ccc(N2CCc3cccc(C(=O)Nc4nc5ccccc5s4)c3C2)nc1C(=O)OC(C)(C)C. The molecule has 79 heavy (non-hydrogen) atoms. The van der Waals surface area contributed by atoms with Crippen LogP contribution in [0.3, 0.4) is 0 Å². The molecule has 3 amide bonds. The maximum Gasteiger partial charge on any atom is 0.358 e. The van der Waals surface area contributed by atoms with E-state index in [0.717, 1.165) is 119 Å². The number of hydrogen-bond acceptors (Lipinski definition) is 13. The van der Waals surface area contributed by atoms with E-state index in [0.29, 0.717) is 53.9 Å². The molecule has 3 fully saturated rings. The highest BCUT2D eigenvalue weighted by Gasteiger charge is 2.36. The molecule has 7 aromatic rings. The highest BCUT2D eigenvalue weighted by Crippen LogP contribution is 2.39. The molecule has 1 aliphatic carbocycles. The summed E-state index contributed by atoms with van der Waals surface area (Å²) in [7, 11) is 1.93. The Bertz CT molecular complexity index is 3430. The second-order valence-corrected chi connectivity index (χ2v) is 24.8. The Kier molecular flexibility index (Phi) is 15.1. The summed E-state index contributed by atoms with van der Waals surface area (Å²) >= 11 is 1.45. The quantitative estimate of drug-likeness (QED) is 0.0603. The number of para-hydroxylation sites is 1. The van der Waals surface area contributed by atoms with Gasteiger partial charge in [-0.2, -0.15) is 5.10 Å². The number of hydrogen-bond donors (Lipinski definition) is 2. The predicted octanol–water partition coefficient (Wildman–Crippen LogP) is 11.6. The average Bonchev–Trinajstić information content (AvgIpc) is 4.13. The van der Waals surface area contributed by atoms with Gasteiger partial charge in [-0.3, -0.25) is 34.6 Å². The van der Waals surface area contributed by atoms with Crippen molar-refractivity contribution < 1.29 is 28.7 Å². The van der Waals surface area contributed by atoms with Gasteiger partial charge in [-0.25, -0.2) is 14.8 Å². The van der Waals surface area contributed by atoms with Crippen LogP contribution in [0.25, 0.3) is 32.2 Å². The van der Waals surface area contributed by atoms with Gasteiger partial charge < -0.3 is 19.3 Å². The highest BCUT2D eigenvalue weighted by atomic mass is 32.1. The second-order valence-electron chi connectivity index (χ2n) is 23.8. The largest absolute Gasteiger partial charge is 0.490 e. The fraction of sp³-hybridized carbons (Fsp3) is 0.444. The minimum absolute atomic E-state index is 0.0652. The third-order valence-electron chi connectivity index (χ3n) is 16.6. The summed E-state index contributed by atoms with van der Waals surface area (Å²) < 4.78 is 15.7. The normalized spacial score (nSPS) is 19.8. The Morgan fingerprint density at radius 3 is 2.46 bits per heavy atom. The molecule has 2 saturated heterocycles. The first-order chi connectivity index (χ1) is 37.9. The molecule has 3 aromatic heterocycles. The van der Waals surface area contributed by atoms with E-state index in [1.165, 1.54) is 30.6 Å². The smallest absolute Gasteiger partial charge is 0.358 e. The molecule has 1 unspecified atom stereocenters. The third-order valence-corrected chi connectivity index (χ3v) is 17.5. The number of amides is 3. The van der Waals surface area contributed by atoms with E-state index in [9.17, 15) is 19.2 Å². The number of aryl methyl sites for hydroxylation is 1. The van der Waals surface area contributed by atoms with Crippen molar-refractivity contribution in [1.29, 1.82) is 0 Å². The van der Waals surface area contributed by atoms with Crippen molar-refractivity contribution in [2.24, 2.45) is 13.0 Å². The molecule has 4 aromatic carbocycles. The first-order valence-corrected chi connectivity index (χ1v) is 29.1. The van der Waals surface area contributed by atoms with Crippen molar-refractivity contribution in [3.63, 3.8) is 0 Å². The summed E-state index contributed by atoms with van der Waals surface area (Å²) in [4.78, 5) is 69.5. The van der Waals surface area contributed by atoms with Crippen LogP contribution >= 0.6 is 11.3 Å². The number of thiazole rings is 1. The van der Waals surface area contributed by atoms with Gasteiger partial charge in [0.1, 0.15) is 17.2 Å². The minimum atomic E-state index is -0.732. The van der Waals surface area contributed by atoms with Gasteiger partial charge >= 0.3 is 5.97 Å². The van der Waals surface area contributed by atoms with E-state index >= 15 is 0 Å². The number of imide groups is 1. The Morgan fingerprint density at radius 1 is 0.861 bits per heavy atom. The molecule has 11 rings (SSSR count). The minimum Gasteiger partial charge on any atom is -0.490 e. The number of ether oxygens (including phenoxy) is 2. The number of rotatable bonds is 14. The fourth-order valence-electron chi connectivity index (χ4n) is 12.5. The number of pyridine rings is 1. The lowest BCUT2D eigenvalue weighted by Gasteiger charge is -2.48. The van der Waals surface area contributed by atoms with Gasteiger partial charge in [0.05, 0.1) is 33.4 Å². The number of nitrogens with zero attached hydrogens (tertiary/aromatic N) is 7. The van der Waals surface area contributed by atoms with Crippen LogP contribution in [-0.4, -0.2) is 98.3 Å². The molecule has 1 saturated carbocycles. The highest BCUT2D eigenvalue weighted by molar-refractivity contribution is 7.22. The molecule has 4 aliphatic rings. The van der Waals surface area contributed by atoms with Crippen LogP contribution in [-0.2, 0) is 34.3 Å². The Morgan fingerprint density at radius 2 is 1.67 bits per heavy atom. The monoisotopic (exact) mass is 1080 g/mol. The molecule has 16 heteroatoms. The number of esters is 1. The van der Waals surface area contributed by atoms with E-state index < -0.39 is 17.5 Å². The van der Waals surface area contributed by atoms with Crippen molar-refractivity contribution in [3.05, 3.63) is 125 Å². The maximum absolute atomic E-state index is 14.2. The lowest BCUT2D eigenvalue weighted by molar-refractivity contribution is -0.134. The first kappa shape index (κ1) is 53.8. The third kappa shape index (κ3) is 11.6. The zero-order valence-electron chi connectivity index (χ0n) is 46.7. The summed E-state index contributed by atoms with van der Waals surface area (Å²) in [5.74, 6) is 0.573. The summed E-state index contributed by atoms with van der Waals surface area (Å²) in [6.45, 7) is 17.5. The van der Waals surface area contributed by atoms with Crippen LogP contribution in [0.4, 0.5) is 16.6 Å². The molecule has 15 nitrogen and oxygen atoms in total. The molecule has 0 bridgehead atoms. The molecule has 1 atom stereocenters. The Labute approximate surface area is 467 Å². The number of piperazine rings is 1. The molecule has 2 N–H and O–H groups in total. The molecule has 6 heterocycles. The van der Waals surface area contributed by atoms with Gasteiger partial charge in [-0.1, -0.05) is 60.6 Å². The van der Waals surface area contributed by atoms with Crippen molar-refractivity contribution in [3.8, 4) is 16.9 Å². The number of fused-ring (bicyclic) bond motifs is 3. The number of carbonyl (C=O) groups is 4. The number of piperidine rings is 1. The van der Waals surface area contributed by atoms with Crippen LogP contribution < -0.4 is 25.2 Å². The van der Waals surface area contributed by atoms with E-state index in [4.69, 9.17) is 19.6 Å². The molecule has 3 aliphatic heterocycles. The van der Waals surface area contributed by atoms with Crippen molar-refractivity contribution in [2.45, 2.75) is 135 Å². The van der Waals surface area contributed by atoms with Crippen molar-refractivity contribution >= 4 is 72.8 Å². The average molecular weight is 1080 g/mol. The summed E-state index contributed by atoms with van der Waals surface area (Å²) in [6, 6.07) is 30.2. The van der Waals surface area contributed by atoms with Crippen LogP contribution in [0.1, 0.15) is 142 Å². The zero-order valence-corrected chi connectivity index (χ0v) is 47.5. The number of unbranched alkanes of at least 4 members (excludes halogenated alkanes) is 1. The van der Waals surface area contributed by atoms with Crippen molar-refractivity contribution in [1.82, 2.24) is 30.0 Å². The number of carbonyl (C=O) groups excluding carboxylic acids is 4. The number of anilines is 3. The zero-order chi connectivity index (χ0) is 55.2. The molecular formula is C63H73N9O6S. The fourth-order valence-corrected chi connectivity index (χ4v) is 13.4. The van der Waals surface area contributed by atoms with Gasteiger partial charge in [0, 0.05) is 73.9 Å². The van der Waals surface area contributed by atoms with E-state index in [1.54, 1.807) is 0 Å². The summed E-state index contributed by atoms with van der Waals surface area (Å²) in [5.41, 5.74) is 8.37. The Hall–Kier alpha value is -7.17. The lowest BCUT2D eigenvalue weighted by atomic mass is 9.84. The van der Waals surface area contributed by atoms with Crippen molar-refractivity contribution in [2.75, 3.05) is 47.8 Å². The first-order valence-electron chi connectivity index (χ1n) is 28.3. The number of nitrogens with one attached hydrogen (secondary N) is 2. The maximum atomic E-state index is 14.2. The predicted molar refractivity (Wildman–Crippen MR) is 312 cm³/mol. The van der Waals surface area contributed by atoms with Gasteiger partial charge in [-0.15, -0.1) is 0 Å². The van der Waals surface area contributed by atoms with Gasteiger partial charge in [-0.05, 0) is 176 Å². The molecule has 0 spiro atoms. The van der Waals surface area contributed by atoms with Crippen LogP contribution in [0.15, 0.2) is 91.0 Å². The van der Waals surface area contributed by atoms with E-state index in [1.807, 2.05) is 99.2 Å². The summed E-state index contributed by atoms with van der Waals surface area (Å²) in [6.07, 6.45) is 9.60. The van der Waals surface area contributed by atoms with E-state index in [2.05, 4.69) is 75.4 Å². The molecule has 0 radical (unpaired) electrons. The van der Waals surface area contributed by atoms with Crippen LogP contribution in [0.2, 0.25) is 0 Å². The summed E-state index contributed by atoms with van der Waals surface area (Å²) in [5, 5.41) is 11.8. The van der Waals surface area contributed by atoms with Crippen LogP contribution in [0.5, 0.6) is 5.75 Å². The van der Waals surface area contributed by atoms with E-state index in [-0.39, 0.29) is 35.1 Å². The second kappa shape index (κ2) is 22.2. The molecular weight excluding hydrogens is 1010 g/mol. The topological polar surface area (TPSA) is 164 Å². The Balaban J connectivity index is 0.686. The van der Waals surface area contributed by atoms with Gasteiger partial charge in [0.15, 0.2) is 10.8 Å². The standard InChI is InChI=1S/C63H73N9O6S/c1-39-44(45-27-29-54(65-57(45)60(76)78-62(2,3)4)71-33-31-41-15-12-17-46(49(41)37-71)58(74)67-61-64-50-18-8-9-20-53(50)79-61)16-13-19-52(39)77-43-24-21-40(22-25-43)14-10-11-32-70-34-35-72(63(5,6)38-70)42-23-26-47-51(36-42)69(7)68-56(47)48-28-30-55(73)66-59(48)75/h8-9,12-13,15-20,23,26-27,29,36,40,43,48H,10-11,14,21-22,24-25,28,30-35,37-38H2,1-7H3,(H,64,67,74)(H,66,73,75). The number of aromatic nitrogens is 4. The van der Waals surface area contributed by atoms with Gasteiger partial charge in [0.2, 0.25) is 11.8 Å². The lowest BCUT2D eigenvalue weighted by Crippen LogP contribution is -2.59. The van der Waals surface area contributed by atoms with Gasteiger partial charge in [0.25, 0.3) is 5.91 Å². The number of benzene rings is 4. The molecule has 412 valence electrons. The van der Waals surface area contributed by atoms with Crippen LogP contribution in [0, 0.1) is 12.8 Å².